The van der Waals surface area contributed by atoms with Gasteiger partial charge in [0.2, 0.25) is 0 Å². The van der Waals surface area contributed by atoms with Crippen molar-refractivity contribution in [1.29, 1.82) is 0 Å². The molecule has 0 aliphatic carbocycles. The third kappa shape index (κ3) is 3.96. The summed E-state index contributed by atoms with van der Waals surface area (Å²) in [6, 6.07) is 5.58. The summed E-state index contributed by atoms with van der Waals surface area (Å²) in [6.45, 7) is 6.56. The zero-order valence-corrected chi connectivity index (χ0v) is 12.2. The van der Waals surface area contributed by atoms with Crippen LogP contribution in [0.1, 0.15) is 42.6 Å². The minimum Gasteiger partial charge on any atom is -0.496 e. The molecule has 19 heavy (non-hydrogen) atoms. The van der Waals surface area contributed by atoms with Gasteiger partial charge in [-0.05, 0) is 45.4 Å². The molecule has 4 heteroatoms. The minimum absolute atomic E-state index is 0.113. The lowest BCUT2D eigenvalue weighted by molar-refractivity contribution is 0.0896. The highest BCUT2D eigenvalue weighted by Gasteiger charge is 2.25. The number of amides is 1. The topological polar surface area (TPSA) is 64.3 Å². The van der Waals surface area contributed by atoms with Gasteiger partial charge in [0.1, 0.15) is 5.75 Å². The predicted octanol–water partition coefficient (Wildman–Crippen LogP) is 2.25. The van der Waals surface area contributed by atoms with E-state index in [-0.39, 0.29) is 11.4 Å². The van der Waals surface area contributed by atoms with E-state index < -0.39 is 0 Å². The van der Waals surface area contributed by atoms with Gasteiger partial charge < -0.3 is 15.8 Å². The Morgan fingerprint density at radius 2 is 2.16 bits per heavy atom. The van der Waals surface area contributed by atoms with Crippen LogP contribution in [-0.4, -0.2) is 25.1 Å². The molecule has 0 spiro atoms. The van der Waals surface area contributed by atoms with E-state index >= 15 is 0 Å². The average molecular weight is 264 g/mol. The van der Waals surface area contributed by atoms with E-state index in [2.05, 4.69) is 5.32 Å². The number of hydrogen-bond donors (Lipinski definition) is 2. The molecule has 0 heterocycles. The van der Waals surface area contributed by atoms with Crippen LogP contribution in [0.2, 0.25) is 0 Å². The summed E-state index contributed by atoms with van der Waals surface area (Å²) in [4.78, 5) is 12.4. The summed E-state index contributed by atoms with van der Waals surface area (Å²) in [5.41, 5.74) is 6.93. The predicted molar refractivity (Wildman–Crippen MR) is 77.6 cm³/mol. The molecule has 4 nitrogen and oxygen atoms in total. The van der Waals surface area contributed by atoms with Gasteiger partial charge in [-0.1, -0.05) is 18.6 Å². The second-order valence-electron chi connectivity index (χ2n) is 5.11. The first-order chi connectivity index (χ1) is 8.95. The fraction of sp³-hybridized carbons (Fsp3) is 0.533. The zero-order valence-electron chi connectivity index (χ0n) is 12.2. The Morgan fingerprint density at radius 1 is 1.47 bits per heavy atom. The molecule has 106 valence electrons. The van der Waals surface area contributed by atoms with Crippen molar-refractivity contribution in [2.45, 2.75) is 39.2 Å². The molecule has 0 bridgehead atoms. The molecule has 0 fully saturated rings. The highest BCUT2D eigenvalue weighted by atomic mass is 16.5. The van der Waals surface area contributed by atoms with Crippen LogP contribution in [0.25, 0.3) is 0 Å². The number of carbonyl (C=O) groups excluding carboxylic acids is 1. The highest BCUT2D eigenvalue weighted by Crippen LogP contribution is 2.21. The summed E-state index contributed by atoms with van der Waals surface area (Å²) in [5, 5.41) is 3.06. The van der Waals surface area contributed by atoms with Crippen molar-refractivity contribution in [3.8, 4) is 5.75 Å². The number of benzene rings is 1. The van der Waals surface area contributed by atoms with E-state index in [4.69, 9.17) is 10.5 Å². The lowest BCUT2D eigenvalue weighted by atomic mass is 9.94. The van der Waals surface area contributed by atoms with Crippen molar-refractivity contribution in [2.75, 3.05) is 13.7 Å². The maximum absolute atomic E-state index is 12.4. The van der Waals surface area contributed by atoms with Crippen molar-refractivity contribution < 1.29 is 9.53 Å². The number of carbonyl (C=O) groups is 1. The van der Waals surface area contributed by atoms with Crippen molar-refractivity contribution in [2.24, 2.45) is 5.73 Å². The first-order valence-corrected chi connectivity index (χ1v) is 6.63. The molecule has 1 aromatic rings. The second-order valence-corrected chi connectivity index (χ2v) is 5.11. The summed E-state index contributed by atoms with van der Waals surface area (Å²) in [5.74, 6) is 0.479. The molecule has 0 aliphatic rings. The molecule has 1 amide bonds. The van der Waals surface area contributed by atoms with Crippen LogP contribution in [0.3, 0.4) is 0 Å². The summed E-state index contributed by atoms with van der Waals surface area (Å²) in [7, 11) is 1.57. The Morgan fingerprint density at radius 3 is 2.68 bits per heavy atom. The van der Waals surface area contributed by atoms with Gasteiger partial charge in [0.05, 0.1) is 12.7 Å². The molecule has 3 N–H and O–H groups in total. The summed E-state index contributed by atoms with van der Waals surface area (Å²) < 4.78 is 5.24. The molecule has 1 aromatic carbocycles. The van der Waals surface area contributed by atoms with Crippen LogP contribution in [0, 0.1) is 6.92 Å². The number of aryl methyl sites for hydroxylation is 1. The maximum Gasteiger partial charge on any atom is 0.255 e. The van der Waals surface area contributed by atoms with Crippen molar-refractivity contribution in [3.63, 3.8) is 0 Å². The van der Waals surface area contributed by atoms with E-state index in [1.54, 1.807) is 7.11 Å². The van der Waals surface area contributed by atoms with Crippen molar-refractivity contribution >= 4 is 5.91 Å². The lowest BCUT2D eigenvalue weighted by Gasteiger charge is -2.29. The monoisotopic (exact) mass is 264 g/mol. The van der Waals surface area contributed by atoms with E-state index in [0.29, 0.717) is 17.9 Å². The molecule has 1 rings (SSSR count). The number of hydrogen-bond acceptors (Lipinski definition) is 3. The lowest BCUT2D eigenvalue weighted by Crippen LogP contribution is -2.46. The molecule has 0 saturated carbocycles. The molecule has 0 saturated heterocycles. The van der Waals surface area contributed by atoms with Gasteiger partial charge in [-0.2, -0.15) is 0 Å². The van der Waals surface area contributed by atoms with Crippen LogP contribution >= 0.6 is 0 Å². The largest absolute Gasteiger partial charge is 0.496 e. The molecule has 0 radical (unpaired) electrons. The Labute approximate surface area is 115 Å². The standard InChI is InChI=1S/C15H24N2O2/c1-5-15(3,8-9-16)17-14(18)12-10-11(2)6-7-13(12)19-4/h6-7,10H,5,8-9,16H2,1-4H3,(H,17,18). The van der Waals surface area contributed by atoms with Crippen LogP contribution < -0.4 is 15.8 Å². The van der Waals surface area contributed by atoms with Gasteiger partial charge in [-0.25, -0.2) is 0 Å². The zero-order chi connectivity index (χ0) is 14.5. The minimum atomic E-state index is -0.277. The van der Waals surface area contributed by atoms with E-state index in [0.717, 1.165) is 18.4 Å². The van der Waals surface area contributed by atoms with Gasteiger partial charge in [0.15, 0.2) is 0 Å². The summed E-state index contributed by atoms with van der Waals surface area (Å²) in [6.07, 6.45) is 1.59. The number of rotatable bonds is 6. The number of nitrogens with two attached hydrogens (primary N) is 1. The number of ether oxygens (including phenoxy) is 1. The van der Waals surface area contributed by atoms with Gasteiger partial charge in [0, 0.05) is 5.54 Å². The first kappa shape index (κ1) is 15.5. The van der Waals surface area contributed by atoms with E-state index in [1.807, 2.05) is 39.0 Å². The molecule has 0 aromatic heterocycles. The van der Waals surface area contributed by atoms with E-state index in [1.165, 1.54) is 0 Å². The third-order valence-electron chi connectivity index (χ3n) is 3.49. The molecular formula is C15H24N2O2. The van der Waals surface area contributed by atoms with Crippen LogP contribution in [0.5, 0.6) is 5.75 Å². The Bertz CT molecular complexity index is 446. The average Bonchev–Trinajstić information content (AvgIpc) is 2.38. The Balaban J connectivity index is 2.97. The third-order valence-corrected chi connectivity index (χ3v) is 3.49. The molecule has 0 aliphatic heterocycles. The maximum atomic E-state index is 12.4. The van der Waals surface area contributed by atoms with Gasteiger partial charge >= 0.3 is 0 Å². The Kier molecular flexibility index (Phi) is 5.36. The van der Waals surface area contributed by atoms with Gasteiger partial charge in [-0.3, -0.25) is 4.79 Å². The smallest absolute Gasteiger partial charge is 0.255 e. The van der Waals surface area contributed by atoms with Crippen LogP contribution in [0.15, 0.2) is 18.2 Å². The fourth-order valence-electron chi connectivity index (χ4n) is 1.99. The van der Waals surface area contributed by atoms with Gasteiger partial charge in [0.25, 0.3) is 5.91 Å². The first-order valence-electron chi connectivity index (χ1n) is 6.63. The van der Waals surface area contributed by atoms with Crippen LogP contribution in [0.4, 0.5) is 0 Å². The number of nitrogens with one attached hydrogen (secondary N) is 1. The Hall–Kier alpha value is -1.55. The molecular weight excluding hydrogens is 240 g/mol. The van der Waals surface area contributed by atoms with Gasteiger partial charge in [-0.15, -0.1) is 0 Å². The van der Waals surface area contributed by atoms with Crippen molar-refractivity contribution in [1.82, 2.24) is 5.32 Å². The van der Waals surface area contributed by atoms with Crippen LogP contribution in [-0.2, 0) is 0 Å². The van der Waals surface area contributed by atoms with E-state index in [9.17, 15) is 4.79 Å². The normalized spacial score (nSPS) is 13.7. The SMILES string of the molecule is CCC(C)(CCN)NC(=O)c1cc(C)ccc1OC. The van der Waals surface area contributed by atoms with Crippen molar-refractivity contribution in [3.05, 3.63) is 29.3 Å². The fourth-order valence-corrected chi connectivity index (χ4v) is 1.99. The number of methoxy groups -OCH3 is 1. The summed E-state index contributed by atoms with van der Waals surface area (Å²) >= 11 is 0. The molecule has 1 atom stereocenters. The quantitative estimate of drug-likeness (QED) is 0.828. The molecule has 1 unspecified atom stereocenters. The highest BCUT2D eigenvalue weighted by molar-refractivity contribution is 5.97. The second kappa shape index (κ2) is 6.57.